The van der Waals surface area contributed by atoms with Crippen LogP contribution in [0.25, 0.3) is 0 Å². The first-order valence-corrected chi connectivity index (χ1v) is 15.3. The van der Waals surface area contributed by atoms with Crippen LogP contribution in [-0.4, -0.2) is 57.3 Å². The van der Waals surface area contributed by atoms with Crippen molar-refractivity contribution in [1.82, 2.24) is 0 Å². The second kappa shape index (κ2) is 18.0. The first kappa shape index (κ1) is 29.4. The van der Waals surface area contributed by atoms with E-state index < -0.39 is 17.6 Å². The van der Waals surface area contributed by atoms with Gasteiger partial charge in [0.05, 0.1) is 0 Å². The van der Waals surface area contributed by atoms with E-state index in [9.17, 15) is 0 Å². The first-order chi connectivity index (χ1) is 14.5. The van der Waals surface area contributed by atoms with Crippen LogP contribution in [0.15, 0.2) is 30.3 Å². The van der Waals surface area contributed by atoms with E-state index in [1.807, 2.05) is 57.7 Å². The molecule has 0 aliphatic heterocycles. The lowest BCUT2D eigenvalue weighted by atomic mass is 10.4. The van der Waals surface area contributed by atoms with Gasteiger partial charge in [-0.3, -0.25) is 0 Å². The Balaban J connectivity index is 0.000000567. The van der Waals surface area contributed by atoms with E-state index in [0.29, 0.717) is 19.8 Å². The van der Waals surface area contributed by atoms with Gasteiger partial charge in [-0.25, -0.2) is 0 Å². The Morgan fingerprint density at radius 1 is 0.567 bits per heavy atom. The van der Waals surface area contributed by atoms with E-state index in [1.54, 1.807) is 0 Å². The summed E-state index contributed by atoms with van der Waals surface area (Å²) in [5.41, 5.74) is 0. The van der Waals surface area contributed by atoms with Crippen LogP contribution >= 0.6 is 0 Å². The largest absolute Gasteiger partial charge is 0.537 e. The molecule has 1 aromatic rings. The topological polar surface area (TPSA) is 55.4 Å². The molecule has 8 heteroatoms. The van der Waals surface area contributed by atoms with Crippen LogP contribution in [0.3, 0.4) is 0 Å². The van der Waals surface area contributed by atoms with Crippen LogP contribution in [0.4, 0.5) is 0 Å². The molecule has 0 saturated carbocycles. The lowest BCUT2D eigenvalue weighted by Gasteiger charge is -2.28. The van der Waals surface area contributed by atoms with Crippen molar-refractivity contribution in [3.05, 3.63) is 30.3 Å². The summed E-state index contributed by atoms with van der Waals surface area (Å²) >= 11 is 0. The molecule has 30 heavy (non-hydrogen) atoms. The Labute approximate surface area is 186 Å². The third-order valence-electron chi connectivity index (χ3n) is 3.84. The minimum Gasteiger partial charge on any atom is -0.374 e. The van der Waals surface area contributed by atoms with E-state index in [4.69, 9.17) is 26.6 Å². The number of hydrogen-bond donors (Lipinski definition) is 0. The maximum Gasteiger partial charge on any atom is 0.537 e. The van der Waals surface area contributed by atoms with E-state index in [-0.39, 0.29) is 0 Å². The molecule has 0 spiro atoms. The van der Waals surface area contributed by atoms with Gasteiger partial charge in [-0.05, 0) is 40.0 Å². The Bertz CT molecular complexity index is 465. The van der Waals surface area contributed by atoms with Crippen LogP contribution in [0.1, 0.15) is 60.8 Å². The van der Waals surface area contributed by atoms with Crippen molar-refractivity contribution in [2.75, 3.05) is 39.6 Å². The van der Waals surface area contributed by atoms with Gasteiger partial charge < -0.3 is 26.6 Å². The average molecular weight is 461 g/mol. The highest BCUT2D eigenvalue weighted by Gasteiger charge is 2.42. The van der Waals surface area contributed by atoms with E-state index in [0.717, 1.165) is 44.3 Å². The van der Waals surface area contributed by atoms with Gasteiger partial charge >= 0.3 is 17.6 Å². The van der Waals surface area contributed by atoms with Crippen LogP contribution in [0.2, 0.25) is 6.55 Å². The van der Waals surface area contributed by atoms with Crippen molar-refractivity contribution in [2.24, 2.45) is 0 Å². The number of rotatable bonds is 16. The normalized spacial score (nSPS) is 11.8. The molecule has 0 atom stereocenters. The van der Waals surface area contributed by atoms with Gasteiger partial charge in [-0.15, -0.1) is 0 Å². The highest BCUT2D eigenvalue weighted by molar-refractivity contribution is 6.75. The predicted octanol–water partition coefficient (Wildman–Crippen LogP) is 4.78. The fourth-order valence-electron chi connectivity index (χ4n) is 2.57. The van der Waals surface area contributed by atoms with Gasteiger partial charge in [0.1, 0.15) is 0 Å². The highest BCUT2D eigenvalue weighted by atomic mass is 28.4. The van der Waals surface area contributed by atoms with Gasteiger partial charge in [0, 0.05) is 51.4 Å². The Kier molecular flexibility index (Phi) is 17.7. The van der Waals surface area contributed by atoms with Crippen molar-refractivity contribution >= 4 is 22.8 Å². The van der Waals surface area contributed by atoms with Crippen molar-refractivity contribution in [3.63, 3.8) is 0 Å². The molecule has 0 radical (unpaired) electrons. The second-order valence-corrected chi connectivity index (χ2v) is 11.8. The maximum atomic E-state index is 5.79. The van der Waals surface area contributed by atoms with Gasteiger partial charge in [-0.2, -0.15) is 0 Å². The lowest BCUT2D eigenvalue weighted by Crippen LogP contribution is -2.56. The molecular formula is C22H44O6Si2. The molecule has 0 amide bonds. The summed E-state index contributed by atoms with van der Waals surface area (Å²) in [4.78, 5) is 0. The van der Waals surface area contributed by atoms with Gasteiger partial charge in [0.2, 0.25) is 0 Å². The fraction of sp³-hybridized carbons (Fsp3) is 0.727. The third-order valence-corrected chi connectivity index (χ3v) is 9.07. The Morgan fingerprint density at radius 2 is 0.933 bits per heavy atom. The smallest absolute Gasteiger partial charge is 0.374 e. The SMILES string of the molecule is CCCO[Si](C)(OCCC)OCCC.CCO[Si](OCC)(OCC)c1ccccc1. The molecule has 0 fully saturated rings. The van der Waals surface area contributed by atoms with E-state index in [2.05, 4.69) is 20.8 Å². The summed E-state index contributed by atoms with van der Waals surface area (Å²) in [6.45, 7) is 18.1. The summed E-state index contributed by atoms with van der Waals surface area (Å²) < 4.78 is 34.4. The zero-order valence-corrected chi connectivity index (χ0v) is 22.2. The molecular weight excluding hydrogens is 416 g/mol. The molecule has 0 aromatic heterocycles. The zero-order chi connectivity index (χ0) is 22.7. The Morgan fingerprint density at radius 3 is 1.23 bits per heavy atom. The summed E-state index contributed by atoms with van der Waals surface area (Å²) in [5.74, 6) is 0. The third kappa shape index (κ3) is 11.7. The average Bonchev–Trinajstić information content (AvgIpc) is 2.76. The lowest BCUT2D eigenvalue weighted by molar-refractivity contribution is 0.0658. The van der Waals surface area contributed by atoms with Crippen LogP contribution in [0, 0.1) is 0 Å². The molecule has 176 valence electrons. The minimum atomic E-state index is -2.67. The maximum absolute atomic E-state index is 5.79. The summed E-state index contributed by atoms with van der Waals surface area (Å²) in [6, 6.07) is 9.95. The quantitative estimate of drug-likeness (QED) is 0.331. The van der Waals surface area contributed by atoms with Crippen LogP contribution in [0.5, 0.6) is 0 Å². The fourth-order valence-corrected chi connectivity index (χ4v) is 7.04. The van der Waals surface area contributed by atoms with E-state index >= 15 is 0 Å². The van der Waals surface area contributed by atoms with Crippen molar-refractivity contribution in [3.8, 4) is 0 Å². The highest BCUT2D eigenvalue weighted by Crippen LogP contribution is 2.11. The van der Waals surface area contributed by atoms with Crippen LogP contribution < -0.4 is 5.19 Å². The monoisotopic (exact) mass is 460 g/mol. The first-order valence-electron chi connectivity index (χ1n) is 11.4. The molecule has 0 N–H and O–H groups in total. The van der Waals surface area contributed by atoms with Crippen LogP contribution in [-0.2, 0) is 26.6 Å². The van der Waals surface area contributed by atoms with Crippen molar-refractivity contribution < 1.29 is 26.6 Å². The zero-order valence-electron chi connectivity index (χ0n) is 20.2. The summed E-state index contributed by atoms with van der Waals surface area (Å²) in [5, 5.41) is 1.03. The molecule has 0 saturated heterocycles. The molecule has 6 nitrogen and oxygen atoms in total. The molecule has 1 aromatic carbocycles. The Hall–Kier alpha value is -0.586. The number of hydrogen-bond acceptors (Lipinski definition) is 6. The number of benzene rings is 1. The molecule has 0 bridgehead atoms. The molecule has 0 unspecified atom stereocenters. The molecule has 0 heterocycles. The van der Waals surface area contributed by atoms with E-state index in [1.165, 1.54) is 0 Å². The van der Waals surface area contributed by atoms with Crippen molar-refractivity contribution in [1.29, 1.82) is 0 Å². The molecule has 0 aliphatic rings. The predicted molar refractivity (Wildman–Crippen MR) is 127 cm³/mol. The summed E-state index contributed by atoms with van der Waals surface area (Å²) in [6.07, 6.45) is 3.02. The summed E-state index contributed by atoms with van der Waals surface area (Å²) in [7, 11) is -4.98. The molecule has 0 aliphatic carbocycles. The van der Waals surface area contributed by atoms with Gasteiger partial charge in [-0.1, -0.05) is 51.1 Å². The molecule has 1 rings (SSSR count). The minimum absolute atomic E-state index is 0.598. The van der Waals surface area contributed by atoms with Gasteiger partial charge in [0.25, 0.3) is 0 Å². The standard InChI is InChI=1S/C12H20O3Si.C10H24O3Si/c1-4-13-16(14-5-2,15-6-3)12-10-8-7-9-11-12;1-5-8-11-14(4,12-9-6-2)13-10-7-3/h7-11H,4-6H2,1-3H3;5-10H2,1-4H3. The van der Waals surface area contributed by atoms with Crippen molar-refractivity contribution in [2.45, 2.75) is 67.4 Å². The second-order valence-electron chi connectivity index (χ2n) is 6.63. The van der Waals surface area contributed by atoms with Gasteiger partial charge in [0.15, 0.2) is 0 Å².